The zero-order chi connectivity index (χ0) is 15.2. The molecule has 114 valence electrons. The second-order valence-corrected chi connectivity index (χ2v) is 4.79. The number of methoxy groups -OCH3 is 3. The summed E-state index contributed by atoms with van der Waals surface area (Å²) in [6.45, 7) is 1.68. The highest BCUT2D eigenvalue weighted by atomic mass is 16.5. The van der Waals surface area contributed by atoms with Crippen LogP contribution in [-0.2, 0) is 4.79 Å². The topological polar surface area (TPSA) is 48.0 Å². The van der Waals surface area contributed by atoms with Crippen LogP contribution in [0.4, 0.5) is 0 Å². The van der Waals surface area contributed by atoms with Crippen LogP contribution in [-0.4, -0.2) is 45.2 Å². The van der Waals surface area contributed by atoms with Gasteiger partial charge in [-0.1, -0.05) is 0 Å². The minimum atomic E-state index is 0.0318. The smallest absolute Gasteiger partial charge is 0.246 e. The fourth-order valence-electron chi connectivity index (χ4n) is 2.46. The Bertz CT molecular complexity index is 533. The van der Waals surface area contributed by atoms with Crippen molar-refractivity contribution in [3.8, 4) is 17.2 Å². The summed E-state index contributed by atoms with van der Waals surface area (Å²) in [6.07, 6.45) is 5.50. The Hall–Kier alpha value is -2.17. The van der Waals surface area contributed by atoms with E-state index in [1.807, 2.05) is 11.0 Å². The zero-order valence-corrected chi connectivity index (χ0v) is 12.7. The molecule has 1 amide bonds. The van der Waals surface area contributed by atoms with Crippen molar-refractivity contribution < 1.29 is 19.0 Å². The lowest BCUT2D eigenvalue weighted by Crippen LogP contribution is -2.25. The molecule has 2 rings (SSSR count). The number of amides is 1. The molecule has 1 saturated heterocycles. The molecule has 1 aliphatic heterocycles. The molecule has 5 heteroatoms. The molecule has 0 atom stereocenters. The van der Waals surface area contributed by atoms with Gasteiger partial charge in [0.1, 0.15) is 0 Å². The summed E-state index contributed by atoms with van der Waals surface area (Å²) in [5.74, 6) is 1.71. The maximum atomic E-state index is 12.0. The first-order chi connectivity index (χ1) is 10.2. The van der Waals surface area contributed by atoms with E-state index < -0.39 is 0 Å². The molecule has 21 heavy (non-hydrogen) atoms. The number of carbonyl (C=O) groups is 1. The molecule has 0 radical (unpaired) electrons. The predicted molar refractivity (Wildman–Crippen MR) is 80.9 cm³/mol. The lowest BCUT2D eigenvalue weighted by molar-refractivity contribution is -0.124. The van der Waals surface area contributed by atoms with Crippen molar-refractivity contribution in [1.29, 1.82) is 0 Å². The van der Waals surface area contributed by atoms with Crippen LogP contribution in [0.25, 0.3) is 6.08 Å². The van der Waals surface area contributed by atoms with Crippen LogP contribution in [0.15, 0.2) is 18.2 Å². The van der Waals surface area contributed by atoms with E-state index in [-0.39, 0.29) is 5.91 Å². The molecule has 0 saturated carbocycles. The molecule has 1 aromatic carbocycles. The third-order valence-corrected chi connectivity index (χ3v) is 3.56. The lowest BCUT2D eigenvalue weighted by Gasteiger charge is -2.14. The van der Waals surface area contributed by atoms with E-state index in [0.717, 1.165) is 31.5 Å². The number of nitrogens with zero attached hydrogens (tertiary/aromatic N) is 1. The van der Waals surface area contributed by atoms with Gasteiger partial charge in [-0.25, -0.2) is 0 Å². The van der Waals surface area contributed by atoms with E-state index in [4.69, 9.17) is 14.2 Å². The van der Waals surface area contributed by atoms with Crippen molar-refractivity contribution in [3.05, 3.63) is 23.8 Å². The van der Waals surface area contributed by atoms with Crippen LogP contribution in [0.5, 0.6) is 17.2 Å². The Morgan fingerprint density at radius 1 is 1.05 bits per heavy atom. The van der Waals surface area contributed by atoms with E-state index in [0.29, 0.717) is 17.2 Å². The molecule has 0 spiro atoms. The third kappa shape index (κ3) is 3.29. The summed E-state index contributed by atoms with van der Waals surface area (Å²) < 4.78 is 15.9. The number of hydrogen-bond donors (Lipinski definition) is 0. The molecule has 1 aromatic rings. The van der Waals surface area contributed by atoms with E-state index in [9.17, 15) is 4.79 Å². The van der Waals surface area contributed by atoms with Gasteiger partial charge in [0, 0.05) is 24.7 Å². The van der Waals surface area contributed by atoms with Gasteiger partial charge >= 0.3 is 0 Å². The number of likely N-dealkylation sites (tertiary alicyclic amines) is 1. The van der Waals surface area contributed by atoms with Crippen LogP contribution >= 0.6 is 0 Å². The monoisotopic (exact) mass is 291 g/mol. The molecule has 0 bridgehead atoms. The Kier molecular flexibility index (Phi) is 5.09. The fourth-order valence-corrected chi connectivity index (χ4v) is 2.46. The van der Waals surface area contributed by atoms with Crippen LogP contribution in [0.1, 0.15) is 18.4 Å². The van der Waals surface area contributed by atoms with E-state index in [1.165, 1.54) is 0 Å². The van der Waals surface area contributed by atoms with E-state index in [2.05, 4.69) is 0 Å². The standard InChI is InChI=1S/C16H21NO4/c1-19-13-8-6-12(15(20-2)16(13)21-3)7-9-14(18)17-10-4-5-11-17/h6-9H,4-5,10-11H2,1-3H3. The quantitative estimate of drug-likeness (QED) is 0.781. The summed E-state index contributed by atoms with van der Waals surface area (Å²) in [6, 6.07) is 3.63. The van der Waals surface area contributed by atoms with Gasteiger partial charge in [-0.05, 0) is 31.1 Å². The summed E-state index contributed by atoms with van der Waals surface area (Å²) >= 11 is 0. The van der Waals surface area contributed by atoms with Crippen LogP contribution < -0.4 is 14.2 Å². The van der Waals surface area contributed by atoms with Gasteiger partial charge in [-0.3, -0.25) is 4.79 Å². The average molecular weight is 291 g/mol. The minimum Gasteiger partial charge on any atom is -0.493 e. The van der Waals surface area contributed by atoms with Crippen molar-refractivity contribution in [2.24, 2.45) is 0 Å². The predicted octanol–water partition coefficient (Wildman–Crippen LogP) is 2.35. The molecule has 0 aromatic heterocycles. The van der Waals surface area contributed by atoms with Gasteiger partial charge in [-0.2, -0.15) is 0 Å². The maximum absolute atomic E-state index is 12.0. The highest BCUT2D eigenvalue weighted by Gasteiger charge is 2.17. The van der Waals surface area contributed by atoms with Crippen molar-refractivity contribution in [1.82, 2.24) is 4.90 Å². The average Bonchev–Trinajstić information content (AvgIpc) is 3.05. The number of hydrogen-bond acceptors (Lipinski definition) is 4. The number of carbonyl (C=O) groups excluding carboxylic acids is 1. The highest BCUT2D eigenvalue weighted by Crippen LogP contribution is 2.40. The highest BCUT2D eigenvalue weighted by molar-refractivity contribution is 5.92. The number of rotatable bonds is 5. The SMILES string of the molecule is COc1ccc(C=CC(=O)N2CCCC2)c(OC)c1OC. The largest absolute Gasteiger partial charge is 0.493 e. The van der Waals surface area contributed by atoms with Crippen molar-refractivity contribution >= 4 is 12.0 Å². The van der Waals surface area contributed by atoms with Gasteiger partial charge in [0.25, 0.3) is 0 Å². The first-order valence-corrected chi connectivity index (χ1v) is 6.97. The Morgan fingerprint density at radius 2 is 1.71 bits per heavy atom. The summed E-state index contributed by atoms with van der Waals surface area (Å²) in [4.78, 5) is 13.9. The van der Waals surface area contributed by atoms with Gasteiger partial charge < -0.3 is 19.1 Å². The molecule has 1 aliphatic rings. The summed E-state index contributed by atoms with van der Waals surface area (Å²) in [5, 5.41) is 0. The number of ether oxygens (including phenoxy) is 3. The molecule has 1 heterocycles. The third-order valence-electron chi connectivity index (χ3n) is 3.56. The zero-order valence-electron chi connectivity index (χ0n) is 12.7. The lowest BCUT2D eigenvalue weighted by atomic mass is 10.1. The maximum Gasteiger partial charge on any atom is 0.246 e. The van der Waals surface area contributed by atoms with Crippen molar-refractivity contribution in [2.75, 3.05) is 34.4 Å². The van der Waals surface area contributed by atoms with E-state index in [1.54, 1.807) is 39.5 Å². The molecule has 0 aliphatic carbocycles. The van der Waals surface area contributed by atoms with Gasteiger partial charge in [0.15, 0.2) is 11.5 Å². The summed E-state index contributed by atoms with van der Waals surface area (Å²) in [7, 11) is 4.70. The second kappa shape index (κ2) is 7.02. The van der Waals surface area contributed by atoms with Gasteiger partial charge in [0.05, 0.1) is 21.3 Å². The minimum absolute atomic E-state index is 0.0318. The van der Waals surface area contributed by atoms with Crippen LogP contribution in [0, 0.1) is 0 Å². The van der Waals surface area contributed by atoms with E-state index >= 15 is 0 Å². The Labute approximate surface area is 125 Å². The fraction of sp³-hybridized carbons (Fsp3) is 0.438. The normalized spacial score (nSPS) is 14.5. The van der Waals surface area contributed by atoms with Gasteiger partial charge in [0.2, 0.25) is 11.7 Å². The molecule has 1 fully saturated rings. The second-order valence-electron chi connectivity index (χ2n) is 4.79. The van der Waals surface area contributed by atoms with Gasteiger partial charge in [-0.15, -0.1) is 0 Å². The molecule has 0 unspecified atom stereocenters. The Balaban J connectivity index is 2.24. The molecular weight excluding hydrogens is 270 g/mol. The number of benzene rings is 1. The van der Waals surface area contributed by atoms with Crippen molar-refractivity contribution in [2.45, 2.75) is 12.8 Å². The molecule has 5 nitrogen and oxygen atoms in total. The van der Waals surface area contributed by atoms with Crippen LogP contribution in [0.3, 0.4) is 0 Å². The molecule has 0 N–H and O–H groups in total. The van der Waals surface area contributed by atoms with Crippen LogP contribution in [0.2, 0.25) is 0 Å². The first-order valence-electron chi connectivity index (χ1n) is 6.97. The first kappa shape index (κ1) is 15.2. The molecular formula is C16H21NO4. The Morgan fingerprint density at radius 3 is 2.29 bits per heavy atom. The summed E-state index contributed by atoms with van der Waals surface area (Å²) in [5.41, 5.74) is 0.780. The van der Waals surface area contributed by atoms with Crippen molar-refractivity contribution in [3.63, 3.8) is 0 Å².